The van der Waals surface area contributed by atoms with Crippen LogP contribution in [0.1, 0.15) is 12.8 Å². The standard InChI is InChI=1S/C13H16N4O4S2/c1-23(19,20)17-6-2-4-9(8-17)11(18)14-13-16-15-12(21-13)10-5-3-7-22-10/h3,5,7,9H,2,4,6,8H2,1H3,(H,14,16,18)/t9-/m1/s1. The number of amides is 1. The van der Waals surface area contributed by atoms with Gasteiger partial charge < -0.3 is 4.42 Å². The number of piperidine rings is 1. The van der Waals surface area contributed by atoms with Crippen molar-refractivity contribution in [3.8, 4) is 10.8 Å². The Balaban J connectivity index is 1.65. The van der Waals surface area contributed by atoms with Gasteiger partial charge in [-0.1, -0.05) is 11.2 Å². The number of hydrogen-bond acceptors (Lipinski definition) is 7. The highest BCUT2D eigenvalue weighted by Gasteiger charge is 2.30. The van der Waals surface area contributed by atoms with Gasteiger partial charge in [-0.25, -0.2) is 12.7 Å². The summed E-state index contributed by atoms with van der Waals surface area (Å²) >= 11 is 1.46. The summed E-state index contributed by atoms with van der Waals surface area (Å²) in [6.07, 6.45) is 2.43. The van der Waals surface area contributed by atoms with Crippen LogP contribution in [0.4, 0.5) is 6.01 Å². The van der Waals surface area contributed by atoms with Gasteiger partial charge >= 0.3 is 6.01 Å². The molecule has 1 atom stereocenters. The van der Waals surface area contributed by atoms with E-state index in [-0.39, 0.29) is 18.5 Å². The molecule has 1 aliphatic heterocycles. The Bertz CT molecular complexity index is 785. The Morgan fingerprint density at radius 1 is 1.48 bits per heavy atom. The molecule has 1 fully saturated rings. The molecular weight excluding hydrogens is 340 g/mol. The third-order valence-electron chi connectivity index (χ3n) is 3.61. The van der Waals surface area contributed by atoms with Crippen LogP contribution >= 0.6 is 11.3 Å². The molecule has 1 amide bonds. The highest BCUT2D eigenvalue weighted by Crippen LogP contribution is 2.25. The Hall–Kier alpha value is -1.78. The summed E-state index contributed by atoms with van der Waals surface area (Å²) in [7, 11) is -3.29. The Morgan fingerprint density at radius 2 is 2.30 bits per heavy atom. The van der Waals surface area contributed by atoms with E-state index in [1.807, 2.05) is 17.5 Å². The van der Waals surface area contributed by atoms with Crippen molar-refractivity contribution >= 4 is 33.3 Å². The predicted octanol–water partition coefficient (Wildman–Crippen LogP) is 1.41. The number of hydrogen-bond donors (Lipinski definition) is 1. The maximum absolute atomic E-state index is 12.3. The summed E-state index contributed by atoms with van der Waals surface area (Å²) in [6, 6.07) is 3.73. The quantitative estimate of drug-likeness (QED) is 0.888. The normalized spacial score (nSPS) is 19.6. The average Bonchev–Trinajstić information content (AvgIpc) is 3.17. The highest BCUT2D eigenvalue weighted by atomic mass is 32.2. The fraction of sp³-hybridized carbons (Fsp3) is 0.462. The third-order valence-corrected chi connectivity index (χ3v) is 5.74. The fourth-order valence-electron chi connectivity index (χ4n) is 2.44. The molecule has 1 saturated heterocycles. The molecule has 1 aliphatic rings. The Labute approximate surface area is 137 Å². The molecule has 124 valence electrons. The van der Waals surface area contributed by atoms with Crippen LogP contribution in [0, 0.1) is 5.92 Å². The second-order valence-corrected chi connectivity index (χ2v) is 8.27. The minimum absolute atomic E-state index is 0.0230. The van der Waals surface area contributed by atoms with E-state index in [9.17, 15) is 13.2 Å². The number of nitrogens with zero attached hydrogens (tertiary/aromatic N) is 3. The zero-order chi connectivity index (χ0) is 16.4. The average molecular weight is 356 g/mol. The van der Waals surface area contributed by atoms with Crippen molar-refractivity contribution in [2.75, 3.05) is 24.7 Å². The molecular formula is C13H16N4O4S2. The number of thiophene rings is 1. The van der Waals surface area contributed by atoms with Crippen molar-refractivity contribution in [1.29, 1.82) is 0 Å². The maximum Gasteiger partial charge on any atom is 0.322 e. The summed E-state index contributed by atoms with van der Waals surface area (Å²) in [5, 5.41) is 12.1. The Morgan fingerprint density at radius 3 is 3.00 bits per heavy atom. The molecule has 0 unspecified atom stereocenters. The first kappa shape index (κ1) is 16.1. The number of anilines is 1. The van der Waals surface area contributed by atoms with Crippen LogP contribution in [0.5, 0.6) is 0 Å². The first-order valence-electron chi connectivity index (χ1n) is 7.07. The molecule has 0 bridgehead atoms. The molecule has 0 aliphatic carbocycles. The number of aromatic nitrogens is 2. The van der Waals surface area contributed by atoms with Crippen LogP contribution in [0.3, 0.4) is 0 Å². The number of sulfonamides is 1. The van der Waals surface area contributed by atoms with E-state index in [2.05, 4.69) is 15.5 Å². The summed E-state index contributed by atoms with van der Waals surface area (Å²) < 4.78 is 29.9. The minimum Gasteiger partial charge on any atom is -0.402 e. The van der Waals surface area contributed by atoms with Gasteiger partial charge in [0.15, 0.2) is 0 Å². The molecule has 23 heavy (non-hydrogen) atoms. The van der Waals surface area contributed by atoms with E-state index in [1.165, 1.54) is 15.6 Å². The van der Waals surface area contributed by atoms with E-state index in [0.717, 1.165) is 11.1 Å². The number of nitrogens with one attached hydrogen (secondary N) is 1. The Kier molecular flexibility index (Phi) is 4.46. The second kappa shape index (κ2) is 6.38. The molecule has 2 aromatic heterocycles. The van der Waals surface area contributed by atoms with E-state index >= 15 is 0 Å². The topological polar surface area (TPSA) is 105 Å². The van der Waals surface area contributed by atoms with Gasteiger partial charge in [-0.2, -0.15) is 0 Å². The maximum atomic E-state index is 12.3. The summed E-state index contributed by atoms with van der Waals surface area (Å²) in [5.41, 5.74) is 0. The van der Waals surface area contributed by atoms with Gasteiger partial charge in [0.1, 0.15) is 0 Å². The van der Waals surface area contributed by atoms with Crippen LogP contribution in [-0.4, -0.2) is 48.2 Å². The van der Waals surface area contributed by atoms with E-state index in [4.69, 9.17) is 4.42 Å². The smallest absolute Gasteiger partial charge is 0.322 e. The summed E-state index contributed by atoms with van der Waals surface area (Å²) in [5.74, 6) is -0.382. The van der Waals surface area contributed by atoms with E-state index in [0.29, 0.717) is 25.3 Å². The minimum atomic E-state index is -3.29. The largest absolute Gasteiger partial charge is 0.402 e. The van der Waals surface area contributed by atoms with Crippen molar-refractivity contribution < 1.29 is 17.6 Å². The molecule has 0 radical (unpaired) electrons. The SMILES string of the molecule is CS(=O)(=O)N1CCC[C@@H](C(=O)Nc2nnc(-c3cccs3)o2)C1. The van der Waals surface area contributed by atoms with Gasteiger partial charge in [0, 0.05) is 13.1 Å². The fourth-order valence-corrected chi connectivity index (χ4v) is 3.99. The van der Waals surface area contributed by atoms with Gasteiger partial charge in [-0.05, 0) is 24.3 Å². The lowest BCUT2D eigenvalue weighted by molar-refractivity contribution is -0.121. The first-order chi connectivity index (χ1) is 10.9. The molecule has 3 rings (SSSR count). The molecule has 1 N–H and O–H groups in total. The molecule has 0 aromatic carbocycles. The van der Waals surface area contributed by atoms with Crippen molar-refractivity contribution in [3.05, 3.63) is 17.5 Å². The van der Waals surface area contributed by atoms with Gasteiger partial charge in [0.25, 0.3) is 5.89 Å². The van der Waals surface area contributed by atoms with Crippen molar-refractivity contribution in [3.63, 3.8) is 0 Å². The van der Waals surface area contributed by atoms with Gasteiger partial charge in [-0.3, -0.25) is 10.1 Å². The number of carbonyl (C=O) groups excluding carboxylic acids is 1. The zero-order valence-electron chi connectivity index (χ0n) is 12.4. The molecule has 10 heteroatoms. The van der Waals surface area contributed by atoms with E-state index < -0.39 is 15.9 Å². The van der Waals surface area contributed by atoms with Crippen molar-refractivity contribution in [1.82, 2.24) is 14.5 Å². The monoisotopic (exact) mass is 356 g/mol. The van der Waals surface area contributed by atoms with Crippen LogP contribution < -0.4 is 5.32 Å². The predicted molar refractivity (Wildman–Crippen MR) is 85.4 cm³/mol. The lowest BCUT2D eigenvalue weighted by atomic mass is 9.99. The number of rotatable bonds is 4. The summed E-state index contributed by atoms with van der Waals surface area (Å²) in [4.78, 5) is 13.1. The molecule has 2 aromatic rings. The van der Waals surface area contributed by atoms with Gasteiger partial charge in [-0.15, -0.1) is 16.4 Å². The van der Waals surface area contributed by atoms with Crippen LogP contribution in [0.15, 0.2) is 21.9 Å². The molecule has 3 heterocycles. The molecule has 0 spiro atoms. The van der Waals surface area contributed by atoms with E-state index in [1.54, 1.807) is 0 Å². The zero-order valence-corrected chi connectivity index (χ0v) is 14.1. The van der Waals surface area contributed by atoms with Crippen molar-refractivity contribution in [2.24, 2.45) is 5.92 Å². The third kappa shape index (κ3) is 3.77. The van der Waals surface area contributed by atoms with Crippen LogP contribution in [0.25, 0.3) is 10.8 Å². The lowest BCUT2D eigenvalue weighted by Crippen LogP contribution is -2.43. The van der Waals surface area contributed by atoms with Gasteiger partial charge in [0.05, 0.1) is 17.1 Å². The van der Waals surface area contributed by atoms with Gasteiger partial charge in [0.2, 0.25) is 15.9 Å². The second-order valence-electron chi connectivity index (χ2n) is 5.34. The lowest BCUT2D eigenvalue weighted by Gasteiger charge is -2.29. The van der Waals surface area contributed by atoms with Crippen LogP contribution in [0.2, 0.25) is 0 Å². The van der Waals surface area contributed by atoms with Crippen LogP contribution in [-0.2, 0) is 14.8 Å². The summed E-state index contributed by atoms with van der Waals surface area (Å²) in [6.45, 7) is 0.627. The molecule has 8 nitrogen and oxygen atoms in total. The molecule has 0 saturated carbocycles. The number of carbonyl (C=O) groups is 1. The first-order valence-corrected chi connectivity index (χ1v) is 9.79. The highest BCUT2D eigenvalue weighted by molar-refractivity contribution is 7.88. The van der Waals surface area contributed by atoms with Crippen molar-refractivity contribution in [2.45, 2.75) is 12.8 Å².